The zero-order valence-electron chi connectivity index (χ0n) is 26.8. The molecule has 244 valence electrons. The number of nitrogens with one attached hydrogen (secondary N) is 1. The molecule has 2 aromatic heterocycles. The molecule has 11 heteroatoms. The predicted octanol–water partition coefficient (Wildman–Crippen LogP) is 7.20. The normalized spacial score (nSPS) is 13.8. The molecule has 0 aliphatic carbocycles. The highest BCUT2D eigenvalue weighted by Crippen LogP contribution is 2.35. The zero-order chi connectivity index (χ0) is 33.2. The molecule has 5 rings (SSSR count). The third-order valence-electron chi connectivity index (χ3n) is 8.12. The third-order valence-corrected chi connectivity index (χ3v) is 9.12. The number of alkyl halides is 3. The molecule has 1 N–H and O–H groups in total. The van der Waals surface area contributed by atoms with Crippen molar-refractivity contribution in [1.82, 2.24) is 19.8 Å². The van der Waals surface area contributed by atoms with Crippen molar-refractivity contribution in [3.63, 3.8) is 0 Å². The van der Waals surface area contributed by atoms with E-state index in [1.165, 1.54) is 35.6 Å². The number of aromatic nitrogens is 2. The molecule has 4 aromatic rings. The number of ether oxygens (including phenoxy) is 1. The molecule has 0 radical (unpaired) electrons. The van der Waals surface area contributed by atoms with E-state index in [-0.39, 0.29) is 23.1 Å². The van der Waals surface area contributed by atoms with Crippen LogP contribution in [0.2, 0.25) is 0 Å². The number of hydrogen-bond donors (Lipinski definition) is 1. The second-order valence-electron chi connectivity index (χ2n) is 11.8. The standard InChI is InChI=1S/C35H39F3N4O3S/c1-6-23-9-8-10-24(7-2)31(23)42-29(19-21(3)4)27(33(43)41-17-15-39-16-18-41)20-28(34(42)44)32-40-30(22(5)46-32)25-11-13-26(14-12-25)45-35(36,37)38/h8-14,20-21,39H,6-7,15-19H2,1-5H3. The number of piperazine rings is 1. The lowest BCUT2D eigenvalue weighted by molar-refractivity contribution is -0.274. The van der Waals surface area contributed by atoms with Gasteiger partial charge in [-0.05, 0) is 73.6 Å². The summed E-state index contributed by atoms with van der Waals surface area (Å²) in [5, 5.41) is 3.74. The molecule has 0 unspecified atom stereocenters. The summed E-state index contributed by atoms with van der Waals surface area (Å²) in [5.74, 6) is -0.277. The lowest BCUT2D eigenvalue weighted by atomic mass is 9.97. The van der Waals surface area contributed by atoms with Crippen molar-refractivity contribution in [3.05, 3.63) is 86.1 Å². The topological polar surface area (TPSA) is 76.5 Å². The SMILES string of the molecule is CCc1cccc(CC)c1-n1c(CC(C)C)c(C(=O)N2CCNCC2)cc(-c2nc(-c3ccc(OC(F)(F)F)cc3)c(C)s2)c1=O. The molecule has 7 nitrogen and oxygen atoms in total. The van der Waals surface area contributed by atoms with Crippen LogP contribution in [-0.2, 0) is 19.3 Å². The van der Waals surface area contributed by atoms with Crippen LogP contribution in [0, 0.1) is 12.8 Å². The van der Waals surface area contributed by atoms with E-state index in [1.54, 1.807) is 10.6 Å². The summed E-state index contributed by atoms with van der Waals surface area (Å²) in [6.45, 7) is 12.6. The van der Waals surface area contributed by atoms with Crippen LogP contribution in [0.15, 0.2) is 53.3 Å². The van der Waals surface area contributed by atoms with Gasteiger partial charge < -0.3 is 15.0 Å². The fraction of sp³-hybridized carbons (Fsp3) is 0.400. The van der Waals surface area contributed by atoms with Gasteiger partial charge in [-0.15, -0.1) is 24.5 Å². The Hall–Kier alpha value is -3.96. The second kappa shape index (κ2) is 13.8. The van der Waals surface area contributed by atoms with Crippen LogP contribution in [0.25, 0.3) is 27.5 Å². The summed E-state index contributed by atoms with van der Waals surface area (Å²) in [5.41, 5.74) is 5.23. The fourth-order valence-corrected chi connectivity index (χ4v) is 6.89. The van der Waals surface area contributed by atoms with Crippen molar-refractivity contribution in [3.8, 4) is 33.3 Å². The van der Waals surface area contributed by atoms with Crippen molar-refractivity contribution < 1.29 is 22.7 Å². The summed E-state index contributed by atoms with van der Waals surface area (Å²) < 4.78 is 44.0. The van der Waals surface area contributed by atoms with Gasteiger partial charge in [0.1, 0.15) is 10.8 Å². The molecule has 1 saturated heterocycles. The maximum absolute atomic E-state index is 14.8. The van der Waals surface area contributed by atoms with Gasteiger partial charge in [-0.1, -0.05) is 45.9 Å². The van der Waals surface area contributed by atoms with Crippen LogP contribution in [0.3, 0.4) is 0 Å². The maximum Gasteiger partial charge on any atom is 0.573 e. The van der Waals surface area contributed by atoms with Crippen molar-refractivity contribution >= 4 is 17.2 Å². The number of para-hydroxylation sites is 1. The average molecular weight is 653 g/mol. The first-order valence-corrected chi connectivity index (χ1v) is 16.5. The highest BCUT2D eigenvalue weighted by atomic mass is 32.1. The van der Waals surface area contributed by atoms with Crippen LogP contribution < -0.4 is 15.6 Å². The number of rotatable bonds is 9. The molecule has 0 spiro atoms. The van der Waals surface area contributed by atoms with Crippen LogP contribution in [0.4, 0.5) is 13.2 Å². The number of pyridine rings is 1. The minimum atomic E-state index is -4.79. The summed E-state index contributed by atoms with van der Waals surface area (Å²) in [6, 6.07) is 13.3. The summed E-state index contributed by atoms with van der Waals surface area (Å²) in [4.78, 5) is 36.5. The van der Waals surface area contributed by atoms with Gasteiger partial charge in [0.2, 0.25) is 0 Å². The van der Waals surface area contributed by atoms with Crippen molar-refractivity contribution in [2.24, 2.45) is 5.92 Å². The number of halogens is 3. The van der Waals surface area contributed by atoms with Gasteiger partial charge in [-0.3, -0.25) is 14.2 Å². The van der Waals surface area contributed by atoms with Crippen molar-refractivity contribution in [1.29, 1.82) is 0 Å². The predicted molar refractivity (Wildman–Crippen MR) is 176 cm³/mol. The van der Waals surface area contributed by atoms with Crippen LogP contribution in [0.5, 0.6) is 5.75 Å². The zero-order valence-corrected chi connectivity index (χ0v) is 27.6. The molecule has 0 saturated carbocycles. The second-order valence-corrected chi connectivity index (χ2v) is 13.0. The Labute approximate surface area is 271 Å². The van der Waals surface area contributed by atoms with Gasteiger partial charge >= 0.3 is 6.36 Å². The van der Waals surface area contributed by atoms with Gasteiger partial charge in [0.15, 0.2) is 0 Å². The Bertz CT molecular complexity index is 1750. The molecular weight excluding hydrogens is 613 g/mol. The smallest absolute Gasteiger partial charge is 0.406 e. The Morgan fingerprint density at radius 3 is 2.24 bits per heavy atom. The van der Waals surface area contributed by atoms with E-state index < -0.39 is 6.36 Å². The summed E-state index contributed by atoms with van der Waals surface area (Å²) in [6.07, 6.45) is -2.85. The van der Waals surface area contributed by atoms with Gasteiger partial charge in [-0.2, -0.15) is 0 Å². The Kier molecular flexibility index (Phi) is 10.0. The lowest BCUT2D eigenvalue weighted by Gasteiger charge is -2.30. The largest absolute Gasteiger partial charge is 0.573 e. The molecule has 46 heavy (non-hydrogen) atoms. The van der Waals surface area contributed by atoms with Crippen molar-refractivity contribution in [2.45, 2.75) is 60.2 Å². The molecule has 1 amide bonds. The summed E-state index contributed by atoms with van der Waals surface area (Å²) in [7, 11) is 0. The van der Waals surface area contributed by atoms with Crippen LogP contribution in [0.1, 0.15) is 59.8 Å². The van der Waals surface area contributed by atoms with Gasteiger partial charge in [0, 0.05) is 42.3 Å². The van der Waals surface area contributed by atoms with E-state index in [9.17, 15) is 22.8 Å². The lowest BCUT2D eigenvalue weighted by Crippen LogP contribution is -2.47. The fourth-order valence-electron chi connectivity index (χ4n) is 5.95. The Morgan fingerprint density at radius 1 is 1.04 bits per heavy atom. The highest BCUT2D eigenvalue weighted by Gasteiger charge is 2.31. The number of aryl methyl sites for hydroxylation is 3. The van der Waals surface area contributed by atoms with E-state index in [1.807, 2.05) is 30.0 Å². The molecule has 1 fully saturated rings. The number of nitrogens with zero attached hydrogens (tertiary/aromatic N) is 3. The number of amides is 1. The number of carbonyl (C=O) groups excluding carboxylic acids is 1. The Morgan fingerprint density at radius 2 is 1.67 bits per heavy atom. The van der Waals surface area contributed by atoms with E-state index in [0.29, 0.717) is 78.5 Å². The molecular formula is C35H39F3N4O3S. The first kappa shape index (κ1) is 33.4. The highest BCUT2D eigenvalue weighted by molar-refractivity contribution is 7.15. The average Bonchev–Trinajstić information content (AvgIpc) is 3.41. The van der Waals surface area contributed by atoms with E-state index in [0.717, 1.165) is 21.7 Å². The molecule has 1 aliphatic heterocycles. The van der Waals surface area contributed by atoms with Crippen LogP contribution >= 0.6 is 11.3 Å². The van der Waals surface area contributed by atoms with Crippen molar-refractivity contribution in [2.75, 3.05) is 26.2 Å². The monoisotopic (exact) mass is 652 g/mol. The molecule has 0 bridgehead atoms. The minimum absolute atomic E-state index is 0.118. The van der Waals surface area contributed by atoms with Gasteiger partial charge in [0.05, 0.1) is 22.5 Å². The van der Waals surface area contributed by atoms with E-state index in [2.05, 4.69) is 37.7 Å². The van der Waals surface area contributed by atoms with Crippen LogP contribution in [-0.4, -0.2) is 52.9 Å². The third kappa shape index (κ3) is 7.05. The first-order valence-electron chi connectivity index (χ1n) is 15.7. The van der Waals surface area contributed by atoms with E-state index >= 15 is 0 Å². The van der Waals surface area contributed by atoms with Gasteiger partial charge in [-0.25, -0.2) is 4.98 Å². The molecule has 1 aliphatic rings. The number of carbonyl (C=O) groups is 1. The summed E-state index contributed by atoms with van der Waals surface area (Å²) >= 11 is 1.32. The number of benzene rings is 2. The first-order chi connectivity index (χ1) is 21.9. The minimum Gasteiger partial charge on any atom is -0.406 e. The number of thiazole rings is 1. The van der Waals surface area contributed by atoms with E-state index in [4.69, 9.17) is 4.98 Å². The number of hydrogen-bond acceptors (Lipinski definition) is 6. The molecule has 0 atom stereocenters. The molecule has 3 heterocycles. The quantitative estimate of drug-likeness (QED) is 0.207. The van der Waals surface area contributed by atoms with Gasteiger partial charge in [0.25, 0.3) is 11.5 Å². The Balaban J connectivity index is 1.75. The molecule has 2 aromatic carbocycles. The maximum atomic E-state index is 14.8.